The molecule has 2 aromatic heterocycles. The second-order valence-electron chi connectivity index (χ2n) is 7.09. The number of carbonyl (C=O) groups is 1. The number of imidazole rings is 1. The molecular weight excluding hydrogens is 340 g/mol. The lowest BCUT2D eigenvalue weighted by Gasteiger charge is -2.42. The number of piperazine rings is 1. The average molecular weight is 362 g/mol. The zero-order chi connectivity index (χ0) is 17.8. The van der Waals surface area contributed by atoms with E-state index in [9.17, 15) is 13.2 Å². The molecular formula is C17H22N4O3S. The Morgan fingerprint density at radius 2 is 2.04 bits per heavy atom. The van der Waals surface area contributed by atoms with Crippen LogP contribution in [0.2, 0.25) is 0 Å². The van der Waals surface area contributed by atoms with Crippen molar-refractivity contribution in [1.82, 2.24) is 19.2 Å². The number of aromatic nitrogens is 2. The van der Waals surface area contributed by atoms with E-state index in [0.717, 1.165) is 16.9 Å². The number of fused-ring (bicyclic) bond motifs is 2. The topological polar surface area (TPSA) is 75.0 Å². The third-order valence-electron chi connectivity index (χ3n) is 5.41. The monoisotopic (exact) mass is 362 g/mol. The number of sulfone groups is 1. The van der Waals surface area contributed by atoms with Gasteiger partial charge in [-0.2, -0.15) is 0 Å². The van der Waals surface area contributed by atoms with E-state index in [2.05, 4.69) is 9.88 Å². The molecule has 2 atom stereocenters. The summed E-state index contributed by atoms with van der Waals surface area (Å²) in [6.07, 6.45) is 3.88. The molecule has 0 unspecified atom stereocenters. The predicted molar refractivity (Wildman–Crippen MR) is 94.2 cm³/mol. The van der Waals surface area contributed by atoms with Crippen molar-refractivity contribution in [3.05, 3.63) is 35.8 Å². The van der Waals surface area contributed by atoms with Gasteiger partial charge in [0, 0.05) is 31.5 Å². The van der Waals surface area contributed by atoms with Crippen molar-refractivity contribution in [1.29, 1.82) is 0 Å². The maximum Gasteiger partial charge on any atom is 0.228 e. The summed E-state index contributed by atoms with van der Waals surface area (Å²) in [7, 11) is -1.15. The highest BCUT2D eigenvalue weighted by molar-refractivity contribution is 7.91. The summed E-state index contributed by atoms with van der Waals surface area (Å²) < 4.78 is 26.1. The molecule has 8 heteroatoms. The Bertz CT molecular complexity index is 937. The third-order valence-corrected chi connectivity index (χ3v) is 7.11. The molecule has 0 N–H and O–H groups in total. The molecule has 2 aliphatic heterocycles. The summed E-state index contributed by atoms with van der Waals surface area (Å²) in [6.45, 7) is 3.26. The Morgan fingerprint density at radius 1 is 1.28 bits per heavy atom. The molecule has 134 valence electrons. The lowest BCUT2D eigenvalue weighted by molar-refractivity contribution is -0.135. The van der Waals surface area contributed by atoms with Gasteiger partial charge in [-0.1, -0.05) is 6.07 Å². The van der Waals surface area contributed by atoms with Gasteiger partial charge in [-0.25, -0.2) is 13.4 Å². The average Bonchev–Trinajstić information content (AvgIpc) is 3.09. The number of carbonyl (C=O) groups excluding carboxylic acids is 1. The van der Waals surface area contributed by atoms with Crippen LogP contribution in [0.5, 0.6) is 0 Å². The van der Waals surface area contributed by atoms with Crippen LogP contribution in [0, 0.1) is 6.92 Å². The number of rotatable bonds is 2. The maximum atomic E-state index is 12.9. The summed E-state index contributed by atoms with van der Waals surface area (Å²) >= 11 is 0. The van der Waals surface area contributed by atoms with Gasteiger partial charge in [0.1, 0.15) is 5.65 Å². The highest BCUT2D eigenvalue weighted by atomic mass is 32.2. The van der Waals surface area contributed by atoms with Crippen molar-refractivity contribution in [3.8, 4) is 0 Å². The van der Waals surface area contributed by atoms with Crippen LogP contribution in [-0.4, -0.2) is 77.2 Å². The molecule has 25 heavy (non-hydrogen) atoms. The minimum atomic E-state index is -3.08. The molecule has 0 saturated carbocycles. The number of aryl methyl sites for hydroxylation is 1. The molecule has 2 aromatic rings. The van der Waals surface area contributed by atoms with E-state index in [4.69, 9.17) is 0 Å². The minimum Gasteiger partial charge on any atom is -0.335 e. The van der Waals surface area contributed by atoms with Crippen molar-refractivity contribution in [2.75, 3.05) is 31.6 Å². The normalized spacial score (nSPS) is 26.1. The van der Waals surface area contributed by atoms with Crippen LogP contribution in [0.15, 0.2) is 24.5 Å². The fraction of sp³-hybridized carbons (Fsp3) is 0.529. The van der Waals surface area contributed by atoms with Crippen molar-refractivity contribution in [3.63, 3.8) is 0 Å². The van der Waals surface area contributed by atoms with E-state index < -0.39 is 9.84 Å². The quantitative estimate of drug-likeness (QED) is 0.759. The molecule has 4 heterocycles. The van der Waals surface area contributed by atoms with Crippen LogP contribution >= 0.6 is 0 Å². The summed E-state index contributed by atoms with van der Waals surface area (Å²) in [4.78, 5) is 21.2. The SMILES string of the molecule is Cc1cccn2c(CC(=O)N3CCN(C)[C@H]4CS(=O)(=O)C[C@H]43)cnc12. The van der Waals surface area contributed by atoms with E-state index in [0.29, 0.717) is 13.1 Å². The first-order valence-electron chi connectivity index (χ1n) is 8.47. The second kappa shape index (κ2) is 5.81. The molecule has 0 bridgehead atoms. The van der Waals surface area contributed by atoms with Crippen LogP contribution in [0.3, 0.4) is 0 Å². The zero-order valence-corrected chi connectivity index (χ0v) is 15.2. The minimum absolute atomic E-state index is 0.0245. The first-order valence-corrected chi connectivity index (χ1v) is 10.3. The van der Waals surface area contributed by atoms with E-state index in [-0.39, 0.29) is 35.9 Å². The first kappa shape index (κ1) is 16.5. The van der Waals surface area contributed by atoms with Crippen molar-refractivity contribution < 1.29 is 13.2 Å². The van der Waals surface area contributed by atoms with Crippen molar-refractivity contribution in [2.45, 2.75) is 25.4 Å². The molecule has 0 aromatic carbocycles. The van der Waals surface area contributed by atoms with Crippen molar-refractivity contribution in [2.24, 2.45) is 0 Å². The zero-order valence-electron chi connectivity index (χ0n) is 14.4. The van der Waals surface area contributed by atoms with Gasteiger partial charge in [0.05, 0.1) is 29.7 Å². The van der Waals surface area contributed by atoms with E-state index in [1.807, 2.05) is 36.7 Å². The van der Waals surface area contributed by atoms with Gasteiger partial charge in [-0.15, -0.1) is 0 Å². The van der Waals surface area contributed by atoms with E-state index in [1.54, 1.807) is 11.1 Å². The van der Waals surface area contributed by atoms with Gasteiger partial charge in [0.25, 0.3) is 0 Å². The Kier molecular flexibility index (Phi) is 3.84. The van der Waals surface area contributed by atoms with Gasteiger partial charge < -0.3 is 9.30 Å². The van der Waals surface area contributed by atoms with Crippen LogP contribution < -0.4 is 0 Å². The molecule has 1 amide bonds. The standard InChI is InChI=1S/C17H22N4O3S/c1-12-4-3-5-20-13(9-18-17(12)20)8-16(22)21-7-6-19(2)14-10-25(23,24)11-15(14)21/h3-5,9,14-15H,6-8,10-11H2,1-2H3/t14-,15+/m0/s1. The Labute approximate surface area is 147 Å². The van der Waals surface area contributed by atoms with Crippen LogP contribution in [0.1, 0.15) is 11.3 Å². The highest BCUT2D eigenvalue weighted by Gasteiger charge is 2.46. The first-order chi connectivity index (χ1) is 11.9. The second-order valence-corrected chi connectivity index (χ2v) is 9.24. The van der Waals surface area contributed by atoms with E-state index >= 15 is 0 Å². The molecule has 2 fully saturated rings. The molecule has 2 aliphatic rings. The van der Waals surface area contributed by atoms with Gasteiger partial charge in [-0.3, -0.25) is 9.69 Å². The molecule has 0 aliphatic carbocycles. The van der Waals surface area contributed by atoms with Gasteiger partial charge in [0.2, 0.25) is 5.91 Å². The van der Waals surface area contributed by atoms with Crippen LogP contribution in [0.25, 0.3) is 5.65 Å². The van der Waals surface area contributed by atoms with Gasteiger partial charge in [-0.05, 0) is 25.6 Å². The Balaban J connectivity index is 1.59. The number of amides is 1. The predicted octanol–water partition coefficient (Wildman–Crippen LogP) is 0.125. The lowest BCUT2D eigenvalue weighted by atomic mass is 10.0. The molecule has 0 radical (unpaired) electrons. The molecule has 4 rings (SSSR count). The Hall–Kier alpha value is -1.93. The summed E-state index contributed by atoms with van der Waals surface area (Å²) in [5, 5.41) is 0. The van der Waals surface area contributed by atoms with Crippen molar-refractivity contribution >= 4 is 21.4 Å². The lowest BCUT2D eigenvalue weighted by Crippen LogP contribution is -2.59. The molecule has 0 spiro atoms. The number of hydrogen-bond acceptors (Lipinski definition) is 5. The number of nitrogens with zero attached hydrogens (tertiary/aromatic N) is 4. The third kappa shape index (κ3) is 2.83. The van der Waals surface area contributed by atoms with E-state index in [1.165, 1.54) is 0 Å². The molecule has 7 nitrogen and oxygen atoms in total. The highest BCUT2D eigenvalue weighted by Crippen LogP contribution is 2.26. The summed E-state index contributed by atoms with van der Waals surface area (Å²) in [5.74, 6) is 0.191. The van der Waals surface area contributed by atoms with Crippen LogP contribution in [0.4, 0.5) is 0 Å². The fourth-order valence-electron chi connectivity index (χ4n) is 4.03. The maximum absolute atomic E-state index is 12.9. The fourth-order valence-corrected chi connectivity index (χ4v) is 6.08. The number of likely N-dealkylation sites (N-methyl/N-ethyl adjacent to an activating group) is 1. The van der Waals surface area contributed by atoms with Gasteiger partial charge in [0.15, 0.2) is 9.84 Å². The Morgan fingerprint density at radius 3 is 2.84 bits per heavy atom. The van der Waals surface area contributed by atoms with Crippen LogP contribution in [-0.2, 0) is 21.1 Å². The number of hydrogen-bond donors (Lipinski definition) is 0. The van der Waals surface area contributed by atoms with Gasteiger partial charge >= 0.3 is 0 Å². The summed E-state index contributed by atoms with van der Waals surface area (Å²) in [5.41, 5.74) is 2.74. The largest absolute Gasteiger partial charge is 0.335 e. The molecule has 2 saturated heterocycles. The summed E-state index contributed by atoms with van der Waals surface area (Å²) in [6, 6.07) is 3.60. The number of pyridine rings is 1. The smallest absolute Gasteiger partial charge is 0.228 e.